The van der Waals surface area contributed by atoms with E-state index in [4.69, 9.17) is 4.74 Å². The number of aliphatic hydroxyl groups is 1. The van der Waals surface area contributed by atoms with E-state index in [9.17, 15) is 18.3 Å². The molecule has 0 aliphatic carbocycles. The first kappa shape index (κ1) is 14.3. The lowest BCUT2D eigenvalue weighted by Gasteiger charge is -2.11. The summed E-state index contributed by atoms with van der Waals surface area (Å²) in [6.45, 7) is 0. The van der Waals surface area contributed by atoms with Crippen molar-refractivity contribution in [2.24, 2.45) is 0 Å². The van der Waals surface area contributed by atoms with E-state index in [2.05, 4.69) is 9.97 Å². The zero-order chi connectivity index (χ0) is 14.7. The minimum Gasteiger partial charge on any atom is -0.481 e. The van der Waals surface area contributed by atoms with Crippen LogP contribution in [0.15, 0.2) is 24.5 Å². The van der Waals surface area contributed by atoms with Gasteiger partial charge in [-0.25, -0.2) is 23.1 Å². The van der Waals surface area contributed by atoms with Gasteiger partial charge in [-0.3, -0.25) is 0 Å². The molecule has 2 aromatic rings. The zero-order valence-electron chi connectivity index (χ0n) is 10.5. The van der Waals surface area contributed by atoms with Crippen LogP contribution in [-0.2, 0) is 6.42 Å². The van der Waals surface area contributed by atoms with Gasteiger partial charge in [0, 0.05) is 12.5 Å². The van der Waals surface area contributed by atoms with Gasteiger partial charge in [0.1, 0.15) is 6.33 Å². The van der Waals surface area contributed by atoms with E-state index < -0.39 is 23.6 Å². The highest BCUT2D eigenvalue weighted by Crippen LogP contribution is 2.22. The Morgan fingerprint density at radius 3 is 2.40 bits per heavy atom. The average molecular weight is 284 g/mol. The lowest BCUT2D eigenvalue weighted by Crippen LogP contribution is -2.06. The first-order chi connectivity index (χ1) is 9.51. The van der Waals surface area contributed by atoms with Crippen molar-refractivity contribution < 1.29 is 23.0 Å². The monoisotopic (exact) mass is 284 g/mol. The van der Waals surface area contributed by atoms with Crippen molar-refractivity contribution in [3.63, 3.8) is 0 Å². The largest absolute Gasteiger partial charge is 0.481 e. The fourth-order valence-corrected chi connectivity index (χ4v) is 1.68. The molecule has 1 N–H and O–H groups in total. The van der Waals surface area contributed by atoms with Gasteiger partial charge in [-0.15, -0.1) is 0 Å². The van der Waals surface area contributed by atoms with E-state index in [0.717, 1.165) is 12.1 Å². The van der Waals surface area contributed by atoms with E-state index in [1.807, 2.05) is 0 Å². The molecule has 0 bridgehead atoms. The summed E-state index contributed by atoms with van der Waals surface area (Å²) >= 11 is 0. The molecule has 106 valence electrons. The van der Waals surface area contributed by atoms with Gasteiger partial charge in [0.15, 0.2) is 17.5 Å². The summed E-state index contributed by atoms with van der Waals surface area (Å²) in [6, 6.07) is 2.99. The number of rotatable bonds is 4. The van der Waals surface area contributed by atoms with Gasteiger partial charge < -0.3 is 9.84 Å². The molecule has 0 fully saturated rings. The fourth-order valence-electron chi connectivity index (χ4n) is 1.68. The Morgan fingerprint density at radius 2 is 1.80 bits per heavy atom. The van der Waals surface area contributed by atoms with Gasteiger partial charge in [0.25, 0.3) is 0 Å². The molecule has 1 aromatic carbocycles. The quantitative estimate of drug-likeness (QED) is 0.874. The Morgan fingerprint density at radius 1 is 1.15 bits per heavy atom. The van der Waals surface area contributed by atoms with E-state index in [1.54, 1.807) is 0 Å². The molecule has 1 atom stereocenters. The lowest BCUT2D eigenvalue weighted by molar-refractivity contribution is 0.175. The summed E-state index contributed by atoms with van der Waals surface area (Å²) in [7, 11) is 1.42. The predicted octanol–water partition coefficient (Wildman–Crippen LogP) is 2.18. The van der Waals surface area contributed by atoms with Crippen LogP contribution in [0, 0.1) is 17.5 Å². The third-order valence-electron chi connectivity index (χ3n) is 2.70. The minimum absolute atomic E-state index is 0.0105. The van der Waals surface area contributed by atoms with Crippen molar-refractivity contribution in [1.82, 2.24) is 9.97 Å². The molecule has 0 saturated carbocycles. The Balaban J connectivity index is 2.21. The number of aromatic nitrogens is 2. The molecule has 0 spiro atoms. The minimum atomic E-state index is -1.57. The van der Waals surface area contributed by atoms with Crippen LogP contribution < -0.4 is 4.74 Å². The summed E-state index contributed by atoms with van der Waals surface area (Å²) in [5.41, 5.74) is 0.355. The van der Waals surface area contributed by atoms with Crippen molar-refractivity contribution in [1.29, 1.82) is 0 Å². The number of hydrogen-bond donors (Lipinski definition) is 1. The molecule has 1 aromatic heterocycles. The number of aliphatic hydroxyl groups excluding tert-OH is 1. The summed E-state index contributed by atoms with van der Waals surface area (Å²) in [6.07, 6.45) is 0.00929. The maximum absolute atomic E-state index is 13.1. The summed E-state index contributed by atoms with van der Waals surface area (Å²) in [4.78, 5) is 7.70. The highest BCUT2D eigenvalue weighted by molar-refractivity contribution is 5.23. The van der Waals surface area contributed by atoms with Gasteiger partial charge in [0.2, 0.25) is 5.88 Å². The standard InChI is InChI=1S/C13H11F3N2O2/c1-20-12-5-8(17-6-18-12)4-11(19)7-2-9(14)13(16)10(15)3-7/h2-3,5-6,11,19H,4H2,1H3. The Kier molecular flexibility index (Phi) is 4.19. The molecule has 7 heteroatoms. The fraction of sp³-hybridized carbons (Fsp3) is 0.231. The Labute approximate surface area is 112 Å². The lowest BCUT2D eigenvalue weighted by atomic mass is 10.0. The molecule has 0 aliphatic rings. The molecule has 0 amide bonds. The van der Waals surface area contributed by atoms with Crippen molar-refractivity contribution in [2.45, 2.75) is 12.5 Å². The summed E-state index contributed by atoms with van der Waals surface area (Å²) in [5.74, 6) is -3.96. The van der Waals surface area contributed by atoms with Crippen molar-refractivity contribution >= 4 is 0 Å². The normalized spacial score (nSPS) is 12.2. The number of hydrogen-bond acceptors (Lipinski definition) is 4. The first-order valence-corrected chi connectivity index (χ1v) is 5.68. The predicted molar refractivity (Wildman–Crippen MR) is 63.6 cm³/mol. The van der Waals surface area contributed by atoms with Gasteiger partial charge in [-0.1, -0.05) is 0 Å². The second kappa shape index (κ2) is 5.87. The highest BCUT2D eigenvalue weighted by atomic mass is 19.2. The van der Waals surface area contributed by atoms with E-state index in [1.165, 1.54) is 19.5 Å². The van der Waals surface area contributed by atoms with Crippen LogP contribution in [0.2, 0.25) is 0 Å². The Bertz CT molecular complexity index is 599. The molecular formula is C13H11F3N2O2. The third kappa shape index (κ3) is 3.05. The molecule has 4 nitrogen and oxygen atoms in total. The number of ether oxygens (including phenoxy) is 1. The molecule has 0 radical (unpaired) electrons. The molecule has 0 aliphatic heterocycles. The zero-order valence-corrected chi connectivity index (χ0v) is 10.5. The Hall–Kier alpha value is -2.15. The number of nitrogens with zero attached hydrogens (tertiary/aromatic N) is 2. The smallest absolute Gasteiger partial charge is 0.216 e. The van der Waals surface area contributed by atoms with Gasteiger partial charge in [-0.05, 0) is 17.7 Å². The highest BCUT2D eigenvalue weighted by Gasteiger charge is 2.16. The van der Waals surface area contributed by atoms with Gasteiger partial charge in [-0.2, -0.15) is 0 Å². The van der Waals surface area contributed by atoms with Gasteiger partial charge in [0.05, 0.1) is 18.9 Å². The molecule has 1 unspecified atom stereocenters. The SMILES string of the molecule is COc1cc(CC(O)c2cc(F)c(F)c(F)c2)ncn1. The van der Waals surface area contributed by atoms with Crippen LogP contribution in [0.3, 0.4) is 0 Å². The summed E-state index contributed by atoms with van der Waals surface area (Å²) in [5, 5.41) is 9.92. The first-order valence-electron chi connectivity index (χ1n) is 5.68. The van der Waals surface area contributed by atoms with Gasteiger partial charge >= 0.3 is 0 Å². The van der Waals surface area contributed by atoms with Crippen LogP contribution in [0.1, 0.15) is 17.4 Å². The molecular weight excluding hydrogens is 273 g/mol. The van der Waals surface area contributed by atoms with E-state index in [-0.39, 0.29) is 12.0 Å². The molecule has 2 rings (SSSR count). The maximum Gasteiger partial charge on any atom is 0.216 e. The van der Waals surface area contributed by atoms with Crippen LogP contribution in [0.4, 0.5) is 13.2 Å². The molecule has 20 heavy (non-hydrogen) atoms. The third-order valence-corrected chi connectivity index (χ3v) is 2.70. The summed E-state index contributed by atoms with van der Waals surface area (Å²) < 4.78 is 43.9. The van der Waals surface area contributed by atoms with Crippen molar-refractivity contribution in [3.8, 4) is 5.88 Å². The van der Waals surface area contributed by atoms with Crippen LogP contribution in [0.25, 0.3) is 0 Å². The molecule has 0 saturated heterocycles. The van der Waals surface area contributed by atoms with Crippen molar-refractivity contribution in [3.05, 3.63) is 53.2 Å². The number of benzene rings is 1. The number of halogens is 3. The van der Waals surface area contributed by atoms with Crippen LogP contribution in [0.5, 0.6) is 5.88 Å². The van der Waals surface area contributed by atoms with Crippen LogP contribution >= 0.6 is 0 Å². The molecule has 1 heterocycles. The maximum atomic E-state index is 13.1. The second-order valence-electron chi connectivity index (χ2n) is 4.07. The second-order valence-corrected chi connectivity index (χ2v) is 4.07. The van der Waals surface area contributed by atoms with Crippen molar-refractivity contribution in [2.75, 3.05) is 7.11 Å². The average Bonchev–Trinajstić information content (AvgIpc) is 2.44. The topological polar surface area (TPSA) is 55.2 Å². The number of methoxy groups -OCH3 is 1. The van der Waals surface area contributed by atoms with E-state index >= 15 is 0 Å². The van der Waals surface area contributed by atoms with E-state index in [0.29, 0.717) is 11.6 Å². The van der Waals surface area contributed by atoms with Crippen LogP contribution in [-0.4, -0.2) is 22.2 Å².